The number of hydrogen-bond donors (Lipinski definition) is 0. The van der Waals surface area contributed by atoms with Crippen LogP contribution in [-0.2, 0) is 4.79 Å². The number of halogens is 3. The van der Waals surface area contributed by atoms with Gasteiger partial charge in [0.15, 0.2) is 0 Å². The van der Waals surface area contributed by atoms with Gasteiger partial charge in [0.25, 0.3) is 0 Å². The number of rotatable bonds is 2. The maximum absolute atomic E-state index is 12.1. The monoisotopic (exact) mass is 225 g/mol. The number of hydrogen-bond acceptors (Lipinski definition) is 2. The van der Waals surface area contributed by atoms with Gasteiger partial charge in [0.1, 0.15) is 0 Å². The molecule has 2 nitrogen and oxygen atoms in total. The molecule has 1 aromatic rings. The molecule has 0 radical (unpaired) electrons. The van der Waals surface area contributed by atoms with Gasteiger partial charge >= 0.3 is 58.4 Å². The third-order valence-electron chi connectivity index (χ3n) is 1.42. The second kappa shape index (κ2) is 5.85. The maximum Gasteiger partial charge on any atom is 1.00 e. The van der Waals surface area contributed by atoms with Crippen LogP contribution in [0.4, 0.5) is 18.6 Å². The van der Waals surface area contributed by atoms with Crippen molar-refractivity contribution in [1.82, 2.24) is 0 Å². The molecule has 0 bridgehead atoms. The topological polar surface area (TPSA) is 29.4 Å². The molecule has 0 heterocycles. The first-order valence-electron chi connectivity index (χ1n) is 3.42. The fourth-order valence-electron chi connectivity index (χ4n) is 0.851. The van der Waals surface area contributed by atoms with Crippen LogP contribution >= 0.6 is 0 Å². The predicted octanol–water partition coefficient (Wildman–Crippen LogP) is -1.29. The van der Waals surface area contributed by atoms with Gasteiger partial charge in [-0.25, -0.2) is 4.79 Å². The Balaban J connectivity index is 0.00000169. The van der Waals surface area contributed by atoms with Crippen molar-refractivity contribution in [2.24, 2.45) is 4.99 Å². The molecule has 7 heteroatoms. The molecule has 0 atom stereocenters. The minimum absolute atomic E-state index is 0. The van der Waals surface area contributed by atoms with E-state index >= 15 is 0 Å². The van der Waals surface area contributed by atoms with Crippen molar-refractivity contribution in [1.29, 1.82) is 0 Å². The van der Waals surface area contributed by atoms with Gasteiger partial charge in [0.05, 0.1) is 5.69 Å². The van der Waals surface area contributed by atoms with Crippen LogP contribution in [0.15, 0.2) is 29.3 Å². The summed E-state index contributed by atoms with van der Waals surface area (Å²) in [4.78, 5) is 12.9. The summed E-state index contributed by atoms with van der Waals surface area (Å²) in [7, 11) is 0. The van der Waals surface area contributed by atoms with Crippen LogP contribution in [0, 0.1) is 0 Å². The fourth-order valence-corrected chi connectivity index (χ4v) is 0.851. The summed E-state index contributed by atoms with van der Waals surface area (Å²) in [5, 5.41) is 0. The van der Waals surface area contributed by atoms with E-state index in [9.17, 15) is 17.7 Å². The van der Waals surface area contributed by atoms with Crippen molar-refractivity contribution in [3.8, 4) is 0 Å². The van der Waals surface area contributed by atoms with Crippen LogP contribution in [0.25, 0.3) is 0 Å². The van der Waals surface area contributed by atoms with Gasteiger partial charge < -0.3 is 12.9 Å². The summed E-state index contributed by atoms with van der Waals surface area (Å²) < 4.78 is 36.4. The zero-order chi connectivity index (χ0) is 9.90. The van der Waals surface area contributed by atoms with Gasteiger partial charge in [-0.05, 0) is 6.07 Å². The Morgan fingerprint density at radius 3 is 2.43 bits per heavy atom. The van der Waals surface area contributed by atoms with Crippen molar-refractivity contribution in [2.45, 2.75) is 0 Å². The summed E-state index contributed by atoms with van der Waals surface area (Å²) >= 11 is 0. The summed E-state index contributed by atoms with van der Waals surface area (Å²) in [5.41, 5.74) is -0.803. The third-order valence-corrected chi connectivity index (χ3v) is 1.42. The molecule has 0 aliphatic carbocycles. The normalized spacial score (nSPS) is 9.93. The number of benzene rings is 1. The number of carbonyl (C=O) groups excluding carboxylic acids is 1. The summed E-state index contributed by atoms with van der Waals surface area (Å²) in [6, 6.07) is 4.24. The van der Waals surface area contributed by atoms with Crippen molar-refractivity contribution in [3.63, 3.8) is 0 Å². The van der Waals surface area contributed by atoms with Gasteiger partial charge in [0.2, 0.25) is 6.08 Å². The van der Waals surface area contributed by atoms with Crippen LogP contribution in [0.1, 0.15) is 0 Å². The first-order chi connectivity index (χ1) is 6.04. The first kappa shape index (κ1) is 14.1. The van der Waals surface area contributed by atoms with Gasteiger partial charge in [-0.3, -0.25) is 0 Å². The largest absolute Gasteiger partial charge is 1.00 e. The van der Waals surface area contributed by atoms with E-state index in [0.29, 0.717) is 0 Å². The minimum atomic E-state index is -5.03. The molecule has 0 amide bonds. The van der Waals surface area contributed by atoms with E-state index in [0.717, 1.165) is 12.1 Å². The van der Waals surface area contributed by atoms with Crippen LogP contribution in [0.2, 0.25) is 0 Å². The van der Waals surface area contributed by atoms with Gasteiger partial charge in [-0.1, -0.05) is 18.2 Å². The van der Waals surface area contributed by atoms with Crippen LogP contribution < -0.4 is 56.8 Å². The molecule has 0 N–H and O–H groups in total. The molecule has 0 aliphatic heterocycles. The molecule has 0 spiro atoms. The molecule has 0 saturated carbocycles. The first-order valence-corrected chi connectivity index (χ1v) is 3.42. The Morgan fingerprint density at radius 1 is 1.29 bits per heavy atom. The van der Waals surface area contributed by atoms with E-state index in [1.54, 1.807) is 0 Å². The molecular weight excluding hydrogens is 221 g/mol. The molecule has 0 unspecified atom stereocenters. The fraction of sp³-hybridized carbons (Fsp3) is 0. The van der Waals surface area contributed by atoms with Crippen LogP contribution in [-0.4, -0.2) is 13.1 Å². The second-order valence-electron chi connectivity index (χ2n) is 2.37. The zero-order valence-electron chi connectivity index (χ0n) is 7.38. The third kappa shape index (κ3) is 4.08. The summed E-state index contributed by atoms with van der Waals surface area (Å²) in [5.74, 6) is 0. The van der Waals surface area contributed by atoms with E-state index in [1.807, 2.05) is 0 Å². The number of nitrogens with zero attached hydrogens (tertiary/aromatic N) is 1. The molecule has 1 aromatic carbocycles. The van der Waals surface area contributed by atoms with Gasteiger partial charge in [0, 0.05) is 0 Å². The summed E-state index contributed by atoms with van der Waals surface area (Å²) in [6.07, 6.45) is 1.18. The SMILES string of the molecule is O=C=Nc1cccc([B-](F)(F)F)c1.[K+]. The Morgan fingerprint density at radius 2 is 1.93 bits per heavy atom. The van der Waals surface area contributed by atoms with E-state index in [4.69, 9.17) is 0 Å². The summed E-state index contributed by atoms with van der Waals surface area (Å²) in [6.45, 7) is -5.03. The number of aliphatic imine (C=N–C) groups is 1. The molecule has 14 heavy (non-hydrogen) atoms. The predicted molar refractivity (Wildman–Crippen MR) is 42.9 cm³/mol. The van der Waals surface area contributed by atoms with Crippen molar-refractivity contribution >= 4 is 24.2 Å². The van der Waals surface area contributed by atoms with Crippen LogP contribution in [0.5, 0.6) is 0 Å². The molecule has 68 valence electrons. The second-order valence-corrected chi connectivity index (χ2v) is 2.37. The molecule has 0 aliphatic rings. The van der Waals surface area contributed by atoms with Crippen molar-refractivity contribution < 1.29 is 69.1 Å². The molecule has 0 fully saturated rings. The van der Waals surface area contributed by atoms with Crippen molar-refractivity contribution in [3.05, 3.63) is 24.3 Å². The van der Waals surface area contributed by atoms with Crippen molar-refractivity contribution in [2.75, 3.05) is 0 Å². The Labute approximate surface area is 121 Å². The molecule has 1 rings (SSSR count). The zero-order valence-corrected chi connectivity index (χ0v) is 10.5. The smallest absolute Gasteiger partial charge is 0.445 e. The van der Waals surface area contributed by atoms with Gasteiger partial charge in [-0.2, -0.15) is 4.99 Å². The Kier molecular flexibility index (Phi) is 5.89. The quantitative estimate of drug-likeness (QED) is 0.350. The molecule has 0 aromatic heterocycles. The van der Waals surface area contributed by atoms with E-state index < -0.39 is 12.4 Å². The van der Waals surface area contributed by atoms with E-state index in [1.165, 1.54) is 18.2 Å². The maximum atomic E-state index is 12.1. The molecule has 0 saturated heterocycles. The minimum Gasteiger partial charge on any atom is -0.445 e. The number of isocyanates is 1. The van der Waals surface area contributed by atoms with E-state index in [-0.39, 0.29) is 57.1 Å². The van der Waals surface area contributed by atoms with Crippen LogP contribution in [0.3, 0.4) is 0 Å². The standard InChI is InChI=1S/C7H4BF3NO.K/c9-8(10,11)6-2-1-3-7(4-6)12-5-13;/h1-4H;/q-1;+1. The average Bonchev–Trinajstić information content (AvgIpc) is 2.04. The van der Waals surface area contributed by atoms with Gasteiger partial charge in [-0.15, -0.1) is 5.46 Å². The average molecular weight is 225 g/mol. The Hall–Kier alpha value is 0.0913. The molecular formula is C7H4BF3KNO. The van der Waals surface area contributed by atoms with E-state index in [2.05, 4.69) is 4.99 Å². The Bertz CT molecular complexity index is 362.